The molecular formula is C13H26N4O2. The number of carbonyl (C=O) groups is 2. The van der Waals surface area contributed by atoms with E-state index in [1.807, 2.05) is 23.6 Å². The summed E-state index contributed by atoms with van der Waals surface area (Å²) >= 11 is 0. The molecule has 19 heavy (non-hydrogen) atoms. The Balaban J connectivity index is 2.43. The molecule has 3 N–H and O–H groups in total. The van der Waals surface area contributed by atoms with Crippen LogP contribution < -0.4 is 11.1 Å². The van der Waals surface area contributed by atoms with Gasteiger partial charge in [-0.2, -0.15) is 0 Å². The first kappa shape index (κ1) is 15.9. The van der Waals surface area contributed by atoms with E-state index in [4.69, 9.17) is 5.73 Å². The minimum atomic E-state index is -0.305. The molecular weight excluding hydrogens is 244 g/mol. The lowest BCUT2D eigenvalue weighted by molar-refractivity contribution is -0.134. The SMILES string of the molecule is CCNCC(C)C(=O)N1CCCN(CC(N)=O)CC1. The van der Waals surface area contributed by atoms with Crippen LogP contribution in [0, 0.1) is 5.92 Å². The monoisotopic (exact) mass is 270 g/mol. The smallest absolute Gasteiger partial charge is 0.231 e. The minimum absolute atomic E-state index is 0.00244. The van der Waals surface area contributed by atoms with Crippen molar-refractivity contribution >= 4 is 11.8 Å². The summed E-state index contributed by atoms with van der Waals surface area (Å²) in [6, 6.07) is 0. The number of amides is 2. The second-order valence-corrected chi connectivity index (χ2v) is 5.13. The number of hydrogen-bond donors (Lipinski definition) is 2. The van der Waals surface area contributed by atoms with Crippen LogP contribution in [0.2, 0.25) is 0 Å². The normalized spacial score (nSPS) is 18.9. The Bertz CT molecular complexity index is 309. The number of nitrogens with two attached hydrogens (primary N) is 1. The Morgan fingerprint density at radius 2 is 2.00 bits per heavy atom. The third-order valence-electron chi connectivity index (χ3n) is 3.40. The van der Waals surface area contributed by atoms with Crippen molar-refractivity contribution in [2.45, 2.75) is 20.3 Å². The van der Waals surface area contributed by atoms with E-state index in [-0.39, 0.29) is 24.3 Å². The van der Waals surface area contributed by atoms with E-state index in [0.717, 1.165) is 39.1 Å². The summed E-state index contributed by atoms with van der Waals surface area (Å²) in [4.78, 5) is 27.1. The molecule has 6 nitrogen and oxygen atoms in total. The Labute approximate surface area is 115 Å². The van der Waals surface area contributed by atoms with Crippen LogP contribution >= 0.6 is 0 Å². The minimum Gasteiger partial charge on any atom is -0.369 e. The number of nitrogens with zero attached hydrogens (tertiary/aromatic N) is 2. The Kier molecular flexibility index (Phi) is 6.80. The van der Waals surface area contributed by atoms with E-state index in [1.165, 1.54) is 0 Å². The van der Waals surface area contributed by atoms with Crippen LogP contribution in [0.5, 0.6) is 0 Å². The molecule has 6 heteroatoms. The average molecular weight is 270 g/mol. The summed E-state index contributed by atoms with van der Waals surface area (Å²) in [5.41, 5.74) is 5.20. The van der Waals surface area contributed by atoms with Crippen molar-refractivity contribution in [1.29, 1.82) is 0 Å². The summed E-state index contributed by atoms with van der Waals surface area (Å²) in [6.07, 6.45) is 0.896. The third kappa shape index (κ3) is 5.57. The van der Waals surface area contributed by atoms with Gasteiger partial charge in [0, 0.05) is 38.6 Å². The predicted octanol–water partition coefficient (Wildman–Crippen LogP) is -0.748. The zero-order valence-corrected chi connectivity index (χ0v) is 12.0. The molecule has 1 unspecified atom stereocenters. The Morgan fingerprint density at radius 3 is 2.63 bits per heavy atom. The van der Waals surface area contributed by atoms with Crippen LogP contribution in [0.15, 0.2) is 0 Å². The van der Waals surface area contributed by atoms with Gasteiger partial charge in [-0.05, 0) is 13.0 Å². The lowest BCUT2D eigenvalue weighted by Gasteiger charge is -2.24. The van der Waals surface area contributed by atoms with Gasteiger partial charge in [-0.25, -0.2) is 0 Å². The highest BCUT2D eigenvalue weighted by molar-refractivity contribution is 5.79. The first-order valence-corrected chi connectivity index (χ1v) is 7.04. The summed E-state index contributed by atoms with van der Waals surface area (Å²) in [7, 11) is 0. The Morgan fingerprint density at radius 1 is 1.26 bits per heavy atom. The van der Waals surface area contributed by atoms with E-state index in [9.17, 15) is 9.59 Å². The number of primary amides is 1. The van der Waals surface area contributed by atoms with Crippen molar-refractivity contribution in [3.05, 3.63) is 0 Å². The molecule has 0 bridgehead atoms. The van der Waals surface area contributed by atoms with Crippen molar-refractivity contribution in [3.8, 4) is 0 Å². The second kappa shape index (κ2) is 8.12. The molecule has 0 aromatic heterocycles. The van der Waals surface area contributed by atoms with Crippen molar-refractivity contribution in [3.63, 3.8) is 0 Å². The molecule has 1 fully saturated rings. The molecule has 2 amide bonds. The van der Waals surface area contributed by atoms with Crippen molar-refractivity contribution < 1.29 is 9.59 Å². The lowest BCUT2D eigenvalue weighted by Crippen LogP contribution is -2.42. The van der Waals surface area contributed by atoms with Gasteiger partial charge in [0.05, 0.1) is 6.54 Å². The topological polar surface area (TPSA) is 78.7 Å². The molecule has 1 saturated heterocycles. The van der Waals surface area contributed by atoms with Crippen molar-refractivity contribution in [1.82, 2.24) is 15.1 Å². The van der Waals surface area contributed by atoms with Crippen molar-refractivity contribution in [2.24, 2.45) is 11.7 Å². The number of rotatable bonds is 6. The maximum absolute atomic E-state index is 12.3. The van der Waals surface area contributed by atoms with Crippen LogP contribution in [0.1, 0.15) is 20.3 Å². The fourth-order valence-electron chi connectivity index (χ4n) is 2.33. The maximum Gasteiger partial charge on any atom is 0.231 e. The quantitative estimate of drug-likeness (QED) is 0.666. The van der Waals surface area contributed by atoms with Crippen LogP contribution in [0.25, 0.3) is 0 Å². The predicted molar refractivity (Wildman–Crippen MR) is 74.5 cm³/mol. The van der Waals surface area contributed by atoms with Gasteiger partial charge in [0.2, 0.25) is 11.8 Å². The zero-order valence-electron chi connectivity index (χ0n) is 12.0. The molecule has 1 rings (SSSR count). The number of carbonyl (C=O) groups excluding carboxylic acids is 2. The standard InChI is InChI=1S/C13H26N4O2/c1-3-15-9-11(2)13(19)17-6-4-5-16(7-8-17)10-12(14)18/h11,15H,3-10H2,1-2H3,(H2,14,18). The molecule has 110 valence electrons. The molecule has 1 heterocycles. The highest BCUT2D eigenvalue weighted by atomic mass is 16.2. The van der Waals surface area contributed by atoms with Gasteiger partial charge in [0.25, 0.3) is 0 Å². The molecule has 0 saturated carbocycles. The summed E-state index contributed by atoms with van der Waals surface area (Å²) < 4.78 is 0. The number of nitrogens with one attached hydrogen (secondary N) is 1. The fourth-order valence-corrected chi connectivity index (χ4v) is 2.33. The van der Waals surface area contributed by atoms with E-state index >= 15 is 0 Å². The molecule has 0 radical (unpaired) electrons. The first-order chi connectivity index (χ1) is 9.04. The molecule has 0 aromatic rings. The van der Waals surface area contributed by atoms with Crippen LogP contribution in [-0.2, 0) is 9.59 Å². The summed E-state index contributed by atoms with van der Waals surface area (Å²) in [6.45, 7) is 8.88. The third-order valence-corrected chi connectivity index (χ3v) is 3.40. The van der Waals surface area contributed by atoms with E-state index in [2.05, 4.69) is 5.32 Å². The first-order valence-electron chi connectivity index (χ1n) is 7.04. The van der Waals surface area contributed by atoms with Crippen LogP contribution in [0.3, 0.4) is 0 Å². The zero-order chi connectivity index (χ0) is 14.3. The lowest BCUT2D eigenvalue weighted by atomic mass is 10.1. The van der Waals surface area contributed by atoms with Gasteiger partial charge in [0.1, 0.15) is 0 Å². The summed E-state index contributed by atoms with van der Waals surface area (Å²) in [5.74, 6) is -0.107. The molecule has 0 aliphatic carbocycles. The van der Waals surface area contributed by atoms with Gasteiger partial charge in [0.15, 0.2) is 0 Å². The fraction of sp³-hybridized carbons (Fsp3) is 0.846. The molecule has 1 atom stereocenters. The van der Waals surface area contributed by atoms with Crippen molar-refractivity contribution in [2.75, 3.05) is 45.8 Å². The highest BCUT2D eigenvalue weighted by Gasteiger charge is 2.23. The Hall–Kier alpha value is -1.14. The number of hydrogen-bond acceptors (Lipinski definition) is 4. The largest absolute Gasteiger partial charge is 0.369 e. The van der Waals surface area contributed by atoms with Gasteiger partial charge in [-0.1, -0.05) is 13.8 Å². The van der Waals surface area contributed by atoms with Crippen LogP contribution in [-0.4, -0.2) is 67.4 Å². The van der Waals surface area contributed by atoms with Gasteiger partial charge in [-0.3, -0.25) is 14.5 Å². The van der Waals surface area contributed by atoms with Gasteiger partial charge in [-0.15, -0.1) is 0 Å². The average Bonchev–Trinajstić information content (AvgIpc) is 2.60. The molecule has 0 aromatic carbocycles. The van der Waals surface area contributed by atoms with Gasteiger partial charge >= 0.3 is 0 Å². The van der Waals surface area contributed by atoms with Crippen LogP contribution in [0.4, 0.5) is 0 Å². The highest BCUT2D eigenvalue weighted by Crippen LogP contribution is 2.07. The molecule has 1 aliphatic heterocycles. The van der Waals surface area contributed by atoms with E-state index < -0.39 is 0 Å². The van der Waals surface area contributed by atoms with E-state index in [0.29, 0.717) is 6.54 Å². The van der Waals surface area contributed by atoms with Gasteiger partial charge < -0.3 is 16.0 Å². The van der Waals surface area contributed by atoms with E-state index in [1.54, 1.807) is 0 Å². The second-order valence-electron chi connectivity index (χ2n) is 5.13. The molecule has 0 spiro atoms. The molecule has 1 aliphatic rings. The summed E-state index contributed by atoms with van der Waals surface area (Å²) in [5, 5.41) is 3.20. The maximum atomic E-state index is 12.3.